The average molecular weight is 226 g/mol. The summed E-state index contributed by atoms with van der Waals surface area (Å²) in [5.74, 6) is 0. The normalized spacial score (nSPS) is 18.9. The molecule has 16 heavy (non-hydrogen) atoms. The van der Waals surface area contributed by atoms with Crippen molar-refractivity contribution in [1.29, 1.82) is 0 Å². The highest BCUT2D eigenvalue weighted by Gasteiger charge is 2.15. The minimum atomic E-state index is 0.660. The minimum absolute atomic E-state index is 0.660. The van der Waals surface area contributed by atoms with Crippen LogP contribution in [0.25, 0.3) is 0 Å². The molecule has 1 fully saturated rings. The Labute approximate surface area is 102 Å². The van der Waals surface area contributed by atoms with E-state index in [4.69, 9.17) is 0 Å². The van der Waals surface area contributed by atoms with Crippen molar-refractivity contribution in [3.63, 3.8) is 0 Å². The predicted octanol–water partition coefficient (Wildman–Crippen LogP) is 3.03. The van der Waals surface area contributed by atoms with Gasteiger partial charge in [0.05, 0.1) is 0 Å². The second-order valence-electron chi connectivity index (χ2n) is 5.71. The highest BCUT2D eigenvalue weighted by atomic mass is 15.2. The average Bonchev–Trinajstić information content (AvgIpc) is 2.24. The Morgan fingerprint density at radius 3 is 2.06 bits per heavy atom. The molecule has 0 saturated heterocycles. The second-order valence-corrected chi connectivity index (χ2v) is 5.71. The first-order valence-electron chi connectivity index (χ1n) is 7.10. The molecule has 0 aromatic carbocycles. The van der Waals surface area contributed by atoms with Crippen molar-refractivity contribution in [1.82, 2.24) is 10.2 Å². The summed E-state index contributed by atoms with van der Waals surface area (Å²) < 4.78 is 0. The molecule has 1 N–H and O–H groups in total. The van der Waals surface area contributed by atoms with Gasteiger partial charge in [-0.05, 0) is 40.5 Å². The molecular formula is C14H30N2. The van der Waals surface area contributed by atoms with Crippen LogP contribution in [0.4, 0.5) is 0 Å². The van der Waals surface area contributed by atoms with E-state index in [0.29, 0.717) is 12.1 Å². The molecule has 0 aromatic heterocycles. The number of nitrogens with one attached hydrogen (secondary N) is 1. The van der Waals surface area contributed by atoms with E-state index in [0.717, 1.165) is 12.6 Å². The van der Waals surface area contributed by atoms with Gasteiger partial charge in [-0.15, -0.1) is 0 Å². The summed E-state index contributed by atoms with van der Waals surface area (Å²) in [5.41, 5.74) is 0. The first-order chi connectivity index (χ1) is 7.61. The van der Waals surface area contributed by atoms with E-state index in [2.05, 4.69) is 37.9 Å². The van der Waals surface area contributed by atoms with Crippen molar-refractivity contribution in [2.45, 2.75) is 77.9 Å². The lowest BCUT2D eigenvalue weighted by atomic mass is 9.95. The fraction of sp³-hybridized carbons (Fsp3) is 1.00. The molecule has 0 amide bonds. The molecule has 0 unspecified atom stereocenters. The second kappa shape index (κ2) is 7.29. The molecule has 2 heteroatoms. The standard InChI is InChI=1S/C14H30N2/c1-12(2)16(13(3)4)11-10-15-14-8-6-5-7-9-14/h12-15H,5-11H2,1-4H3. The molecular weight excluding hydrogens is 196 g/mol. The maximum atomic E-state index is 3.72. The predicted molar refractivity (Wildman–Crippen MR) is 71.9 cm³/mol. The fourth-order valence-corrected chi connectivity index (χ4v) is 2.82. The minimum Gasteiger partial charge on any atom is -0.313 e. The zero-order chi connectivity index (χ0) is 12.0. The molecule has 1 rings (SSSR count). The van der Waals surface area contributed by atoms with Crippen LogP contribution in [-0.4, -0.2) is 36.1 Å². The maximum absolute atomic E-state index is 3.72. The molecule has 0 bridgehead atoms. The Morgan fingerprint density at radius 2 is 1.56 bits per heavy atom. The summed E-state index contributed by atoms with van der Waals surface area (Å²) in [5, 5.41) is 3.72. The summed E-state index contributed by atoms with van der Waals surface area (Å²) in [6.07, 6.45) is 7.08. The SMILES string of the molecule is CC(C)N(CCNC1CCCCC1)C(C)C. The maximum Gasteiger partial charge on any atom is 0.0112 e. The molecule has 1 saturated carbocycles. The van der Waals surface area contributed by atoms with E-state index < -0.39 is 0 Å². The monoisotopic (exact) mass is 226 g/mol. The van der Waals surface area contributed by atoms with Crippen LogP contribution in [0.2, 0.25) is 0 Å². The van der Waals surface area contributed by atoms with E-state index in [9.17, 15) is 0 Å². The van der Waals surface area contributed by atoms with Gasteiger partial charge in [-0.25, -0.2) is 0 Å². The Hall–Kier alpha value is -0.0800. The molecule has 0 radical (unpaired) electrons. The van der Waals surface area contributed by atoms with E-state index >= 15 is 0 Å². The summed E-state index contributed by atoms with van der Waals surface area (Å²) in [6.45, 7) is 11.5. The topological polar surface area (TPSA) is 15.3 Å². The lowest BCUT2D eigenvalue weighted by molar-refractivity contribution is 0.172. The van der Waals surface area contributed by atoms with Crippen LogP contribution in [0, 0.1) is 0 Å². The molecule has 2 nitrogen and oxygen atoms in total. The molecule has 0 heterocycles. The highest BCUT2D eigenvalue weighted by Crippen LogP contribution is 2.17. The lowest BCUT2D eigenvalue weighted by Crippen LogP contribution is -2.43. The largest absolute Gasteiger partial charge is 0.313 e. The van der Waals surface area contributed by atoms with Gasteiger partial charge in [0.1, 0.15) is 0 Å². The van der Waals surface area contributed by atoms with Gasteiger partial charge in [0, 0.05) is 31.2 Å². The van der Waals surface area contributed by atoms with Crippen molar-refractivity contribution in [2.24, 2.45) is 0 Å². The van der Waals surface area contributed by atoms with E-state index in [1.165, 1.54) is 38.6 Å². The van der Waals surface area contributed by atoms with Gasteiger partial charge in [0.15, 0.2) is 0 Å². The summed E-state index contributed by atoms with van der Waals surface area (Å²) >= 11 is 0. The summed E-state index contributed by atoms with van der Waals surface area (Å²) in [4.78, 5) is 2.57. The van der Waals surface area contributed by atoms with Crippen molar-refractivity contribution in [2.75, 3.05) is 13.1 Å². The number of rotatable bonds is 6. The van der Waals surface area contributed by atoms with Crippen LogP contribution in [0.1, 0.15) is 59.8 Å². The van der Waals surface area contributed by atoms with Crippen LogP contribution in [0.15, 0.2) is 0 Å². The smallest absolute Gasteiger partial charge is 0.0112 e. The molecule has 0 atom stereocenters. The zero-order valence-electron chi connectivity index (χ0n) is 11.6. The Bertz CT molecular complexity index is 164. The first-order valence-corrected chi connectivity index (χ1v) is 7.10. The van der Waals surface area contributed by atoms with Gasteiger partial charge < -0.3 is 5.32 Å². The van der Waals surface area contributed by atoms with E-state index in [1.54, 1.807) is 0 Å². The van der Waals surface area contributed by atoms with Crippen molar-refractivity contribution < 1.29 is 0 Å². The van der Waals surface area contributed by atoms with Crippen LogP contribution in [0.3, 0.4) is 0 Å². The lowest BCUT2D eigenvalue weighted by Gasteiger charge is -2.31. The third-order valence-corrected chi connectivity index (χ3v) is 3.73. The molecule has 1 aliphatic carbocycles. The third kappa shape index (κ3) is 4.84. The number of hydrogen-bond acceptors (Lipinski definition) is 2. The summed E-state index contributed by atoms with van der Waals surface area (Å²) in [7, 11) is 0. The highest BCUT2D eigenvalue weighted by molar-refractivity contribution is 4.74. The van der Waals surface area contributed by atoms with Gasteiger partial charge in [-0.3, -0.25) is 4.90 Å². The molecule has 1 aliphatic rings. The van der Waals surface area contributed by atoms with Crippen molar-refractivity contribution in [3.8, 4) is 0 Å². The van der Waals surface area contributed by atoms with Gasteiger partial charge in [0.25, 0.3) is 0 Å². The molecule has 0 spiro atoms. The van der Waals surface area contributed by atoms with Crippen LogP contribution >= 0.6 is 0 Å². The van der Waals surface area contributed by atoms with Gasteiger partial charge in [-0.1, -0.05) is 19.3 Å². The number of nitrogens with zero attached hydrogens (tertiary/aromatic N) is 1. The van der Waals surface area contributed by atoms with E-state index in [1.807, 2.05) is 0 Å². The molecule has 96 valence electrons. The quantitative estimate of drug-likeness (QED) is 0.749. The van der Waals surface area contributed by atoms with Crippen molar-refractivity contribution in [3.05, 3.63) is 0 Å². The third-order valence-electron chi connectivity index (χ3n) is 3.73. The fourth-order valence-electron chi connectivity index (χ4n) is 2.82. The Kier molecular flexibility index (Phi) is 6.37. The summed E-state index contributed by atoms with van der Waals surface area (Å²) in [6, 6.07) is 2.12. The van der Waals surface area contributed by atoms with Crippen LogP contribution < -0.4 is 5.32 Å². The van der Waals surface area contributed by atoms with Crippen LogP contribution in [-0.2, 0) is 0 Å². The van der Waals surface area contributed by atoms with E-state index in [-0.39, 0.29) is 0 Å². The molecule has 0 aliphatic heterocycles. The van der Waals surface area contributed by atoms with Crippen molar-refractivity contribution >= 4 is 0 Å². The molecule has 0 aromatic rings. The Balaban J connectivity index is 2.16. The first kappa shape index (κ1) is 14.0. The van der Waals surface area contributed by atoms with Crippen LogP contribution in [0.5, 0.6) is 0 Å². The van der Waals surface area contributed by atoms with Gasteiger partial charge >= 0.3 is 0 Å². The zero-order valence-corrected chi connectivity index (χ0v) is 11.6. The van der Waals surface area contributed by atoms with Gasteiger partial charge in [0.2, 0.25) is 0 Å². The number of hydrogen-bond donors (Lipinski definition) is 1. The Morgan fingerprint density at radius 1 is 1.00 bits per heavy atom. The van der Waals surface area contributed by atoms with Gasteiger partial charge in [-0.2, -0.15) is 0 Å².